The number of aromatic nitrogens is 1. The Balaban J connectivity index is 1.64. The van der Waals surface area contributed by atoms with E-state index in [1.165, 1.54) is 22.5 Å². The Bertz CT molecular complexity index is 486. The second-order valence-corrected chi connectivity index (χ2v) is 6.02. The standard InChI is InChI=1S/C14H18N2OS/c1-16(9-11-5-4-8-17-11)10-14-15-12-6-2-3-7-13(12)18-14/h2-3,6-7,11H,4-5,8-10H2,1H3/t11-/m0/s1. The topological polar surface area (TPSA) is 25.4 Å². The van der Waals surface area contributed by atoms with Gasteiger partial charge < -0.3 is 4.74 Å². The first-order valence-corrected chi connectivity index (χ1v) is 7.27. The van der Waals surface area contributed by atoms with Gasteiger partial charge >= 0.3 is 0 Å². The molecule has 1 aromatic carbocycles. The molecular formula is C14H18N2OS. The third-order valence-electron chi connectivity index (χ3n) is 3.28. The Hall–Kier alpha value is -0.970. The average Bonchev–Trinajstić information content (AvgIpc) is 2.96. The molecule has 2 aromatic rings. The molecule has 0 bridgehead atoms. The molecule has 0 saturated carbocycles. The zero-order chi connectivity index (χ0) is 12.4. The summed E-state index contributed by atoms with van der Waals surface area (Å²) in [6.07, 6.45) is 2.83. The molecule has 18 heavy (non-hydrogen) atoms. The van der Waals surface area contributed by atoms with Gasteiger partial charge in [-0.05, 0) is 32.0 Å². The summed E-state index contributed by atoms with van der Waals surface area (Å²) in [6, 6.07) is 8.33. The number of ether oxygens (including phenoxy) is 1. The average molecular weight is 262 g/mol. The van der Waals surface area contributed by atoms with E-state index in [2.05, 4.69) is 35.1 Å². The van der Waals surface area contributed by atoms with Gasteiger partial charge in [0.05, 0.1) is 22.9 Å². The van der Waals surface area contributed by atoms with Gasteiger partial charge in [-0.25, -0.2) is 4.98 Å². The van der Waals surface area contributed by atoms with E-state index in [1.807, 2.05) is 6.07 Å². The minimum absolute atomic E-state index is 0.421. The Morgan fingerprint density at radius 2 is 2.33 bits per heavy atom. The number of nitrogens with zero attached hydrogens (tertiary/aromatic N) is 2. The van der Waals surface area contributed by atoms with Crippen LogP contribution in [0.4, 0.5) is 0 Å². The molecule has 1 aromatic heterocycles. The summed E-state index contributed by atoms with van der Waals surface area (Å²) >= 11 is 1.79. The lowest BCUT2D eigenvalue weighted by Gasteiger charge is -2.18. The summed E-state index contributed by atoms with van der Waals surface area (Å²) < 4.78 is 6.94. The van der Waals surface area contributed by atoms with Gasteiger partial charge in [-0.1, -0.05) is 12.1 Å². The molecule has 0 spiro atoms. The van der Waals surface area contributed by atoms with Gasteiger partial charge in [0.1, 0.15) is 5.01 Å². The number of rotatable bonds is 4. The van der Waals surface area contributed by atoms with Crippen LogP contribution in [-0.2, 0) is 11.3 Å². The number of thiazole rings is 1. The van der Waals surface area contributed by atoms with Crippen molar-refractivity contribution in [3.05, 3.63) is 29.3 Å². The van der Waals surface area contributed by atoms with Crippen molar-refractivity contribution in [1.82, 2.24) is 9.88 Å². The fraction of sp³-hybridized carbons (Fsp3) is 0.500. The molecule has 2 heterocycles. The van der Waals surface area contributed by atoms with Crippen LogP contribution in [0.5, 0.6) is 0 Å². The Morgan fingerprint density at radius 3 is 3.11 bits per heavy atom. The fourth-order valence-corrected chi connectivity index (χ4v) is 3.47. The zero-order valence-electron chi connectivity index (χ0n) is 10.6. The monoisotopic (exact) mass is 262 g/mol. The van der Waals surface area contributed by atoms with Gasteiger partial charge in [-0.3, -0.25) is 4.90 Å². The summed E-state index contributed by atoms with van der Waals surface area (Å²) in [5.74, 6) is 0. The van der Waals surface area contributed by atoms with Crippen LogP contribution in [0.2, 0.25) is 0 Å². The predicted octanol–water partition coefficient (Wildman–Crippen LogP) is 2.91. The number of fused-ring (bicyclic) bond motifs is 1. The maximum atomic E-state index is 5.66. The molecule has 0 amide bonds. The smallest absolute Gasteiger partial charge is 0.108 e. The summed E-state index contributed by atoms with van der Waals surface area (Å²) in [7, 11) is 2.15. The molecule has 3 nitrogen and oxygen atoms in total. The molecule has 3 rings (SSSR count). The van der Waals surface area contributed by atoms with E-state index in [1.54, 1.807) is 11.3 Å². The van der Waals surface area contributed by atoms with E-state index in [-0.39, 0.29) is 0 Å². The third-order valence-corrected chi connectivity index (χ3v) is 4.30. The highest BCUT2D eigenvalue weighted by atomic mass is 32.1. The van der Waals surface area contributed by atoms with Crippen molar-refractivity contribution in [2.24, 2.45) is 0 Å². The molecule has 0 radical (unpaired) electrons. The fourth-order valence-electron chi connectivity index (χ4n) is 2.42. The van der Waals surface area contributed by atoms with E-state index in [4.69, 9.17) is 4.74 Å². The first kappa shape index (κ1) is 12.1. The highest BCUT2D eigenvalue weighted by Gasteiger charge is 2.18. The highest BCUT2D eigenvalue weighted by molar-refractivity contribution is 7.18. The van der Waals surface area contributed by atoms with E-state index in [0.717, 1.165) is 25.2 Å². The number of para-hydroxylation sites is 1. The van der Waals surface area contributed by atoms with E-state index >= 15 is 0 Å². The largest absolute Gasteiger partial charge is 0.377 e. The van der Waals surface area contributed by atoms with Crippen LogP contribution < -0.4 is 0 Å². The van der Waals surface area contributed by atoms with Crippen LogP contribution in [0.1, 0.15) is 17.8 Å². The second kappa shape index (κ2) is 5.34. The van der Waals surface area contributed by atoms with Crippen LogP contribution in [0.25, 0.3) is 10.2 Å². The van der Waals surface area contributed by atoms with E-state index in [9.17, 15) is 0 Å². The van der Waals surface area contributed by atoms with Gasteiger partial charge in [-0.15, -0.1) is 11.3 Å². The lowest BCUT2D eigenvalue weighted by atomic mass is 10.2. The highest BCUT2D eigenvalue weighted by Crippen LogP contribution is 2.22. The van der Waals surface area contributed by atoms with Gasteiger partial charge in [0.2, 0.25) is 0 Å². The molecule has 1 fully saturated rings. The van der Waals surface area contributed by atoms with Crippen molar-refractivity contribution >= 4 is 21.6 Å². The second-order valence-electron chi connectivity index (χ2n) is 4.91. The molecule has 1 atom stereocenters. The Kier molecular flexibility index (Phi) is 3.59. The van der Waals surface area contributed by atoms with Gasteiger partial charge in [0.15, 0.2) is 0 Å². The SMILES string of the molecule is CN(Cc1nc2ccccc2s1)C[C@@H]1CCCO1. The van der Waals surface area contributed by atoms with Crippen LogP contribution in [0.3, 0.4) is 0 Å². The molecule has 1 aliphatic rings. The molecular weight excluding hydrogens is 244 g/mol. The minimum atomic E-state index is 0.421. The lowest BCUT2D eigenvalue weighted by molar-refractivity contribution is 0.0793. The molecule has 0 N–H and O–H groups in total. The maximum absolute atomic E-state index is 5.66. The minimum Gasteiger partial charge on any atom is -0.377 e. The van der Waals surface area contributed by atoms with Crippen molar-refractivity contribution in [3.8, 4) is 0 Å². The molecule has 0 unspecified atom stereocenters. The molecule has 1 aliphatic heterocycles. The van der Waals surface area contributed by atoms with Gasteiger partial charge in [-0.2, -0.15) is 0 Å². The Morgan fingerprint density at radius 1 is 1.44 bits per heavy atom. The van der Waals surface area contributed by atoms with Crippen LogP contribution in [0, 0.1) is 0 Å². The summed E-state index contributed by atoms with van der Waals surface area (Å²) in [4.78, 5) is 6.98. The molecule has 0 aliphatic carbocycles. The van der Waals surface area contributed by atoms with E-state index < -0.39 is 0 Å². The van der Waals surface area contributed by atoms with Crippen molar-refractivity contribution in [2.45, 2.75) is 25.5 Å². The van der Waals surface area contributed by atoms with Crippen LogP contribution in [0.15, 0.2) is 24.3 Å². The van der Waals surface area contributed by atoms with E-state index in [0.29, 0.717) is 6.10 Å². The quantitative estimate of drug-likeness (QED) is 0.847. The lowest BCUT2D eigenvalue weighted by Crippen LogP contribution is -2.28. The summed E-state index contributed by atoms with van der Waals surface area (Å²) in [5.41, 5.74) is 1.11. The van der Waals surface area contributed by atoms with Crippen LogP contribution in [-0.4, -0.2) is 36.2 Å². The maximum Gasteiger partial charge on any atom is 0.108 e. The third kappa shape index (κ3) is 2.71. The van der Waals surface area contributed by atoms with Gasteiger partial charge in [0, 0.05) is 13.2 Å². The normalized spacial score (nSPS) is 20.0. The van der Waals surface area contributed by atoms with Gasteiger partial charge in [0.25, 0.3) is 0 Å². The number of hydrogen-bond acceptors (Lipinski definition) is 4. The number of hydrogen-bond donors (Lipinski definition) is 0. The van der Waals surface area contributed by atoms with Crippen LogP contribution >= 0.6 is 11.3 Å². The van der Waals surface area contributed by atoms with Crippen molar-refractivity contribution in [3.63, 3.8) is 0 Å². The number of likely N-dealkylation sites (N-methyl/N-ethyl adjacent to an activating group) is 1. The molecule has 1 saturated heterocycles. The number of benzene rings is 1. The van der Waals surface area contributed by atoms with Crippen molar-refractivity contribution in [1.29, 1.82) is 0 Å². The predicted molar refractivity (Wildman–Crippen MR) is 74.9 cm³/mol. The van der Waals surface area contributed by atoms with Crippen molar-refractivity contribution < 1.29 is 4.74 Å². The van der Waals surface area contributed by atoms with Crippen molar-refractivity contribution in [2.75, 3.05) is 20.2 Å². The summed E-state index contributed by atoms with van der Waals surface area (Å²) in [5, 5.41) is 1.19. The Labute approximate surface area is 111 Å². The molecule has 4 heteroatoms. The first-order valence-electron chi connectivity index (χ1n) is 6.46. The first-order chi connectivity index (χ1) is 8.81. The zero-order valence-corrected chi connectivity index (χ0v) is 11.4. The molecule has 96 valence electrons. The summed E-state index contributed by atoms with van der Waals surface area (Å²) in [6.45, 7) is 2.86.